The van der Waals surface area contributed by atoms with Gasteiger partial charge >= 0.3 is 6.09 Å². The van der Waals surface area contributed by atoms with Crippen LogP contribution < -0.4 is 4.72 Å². The fourth-order valence-corrected chi connectivity index (χ4v) is 4.04. The standard InChI is InChI=1S/C20H29N3O4S/c1-6-28(25,26)22-18-11-8-12-23(20(24)27-15(4)5)19(18)13-16-9-7-10-17(21-16)14(2)3/h6-7,9-10,15,18-19,22H,1-2,8,11-13H2,3-5H3. The van der Waals surface area contributed by atoms with Crippen molar-refractivity contribution < 1.29 is 17.9 Å². The summed E-state index contributed by atoms with van der Waals surface area (Å²) in [7, 11) is -3.64. The third-order valence-corrected chi connectivity index (χ3v) is 5.62. The molecule has 2 heterocycles. The van der Waals surface area contributed by atoms with Gasteiger partial charge in [-0.05, 0) is 51.3 Å². The van der Waals surface area contributed by atoms with Crippen LogP contribution in [0.5, 0.6) is 0 Å². The number of amides is 1. The molecule has 0 saturated carbocycles. The summed E-state index contributed by atoms with van der Waals surface area (Å²) >= 11 is 0. The molecule has 28 heavy (non-hydrogen) atoms. The van der Waals surface area contributed by atoms with Crippen LogP contribution in [0.1, 0.15) is 45.0 Å². The topological polar surface area (TPSA) is 88.6 Å². The van der Waals surface area contributed by atoms with E-state index in [4.69, 9.17) is 4.74 Å². The molecule has 1 amide bonds. The molecule has 1 fully saturated rings. The van der Waals surface area contributed by atoms with Gasteiger partial charge in [-0.25, -0.2) is 17.9 Å². The zero-order valence-corrected chi connectivity index (χ0v) is 17.5. The molecule has 1 aliphatic rings. The molecule has 1 aliphatic heterocycles. The SMILES string of the molecule is C=CS(=O)(=O)NC1CCCN(C(=O)OC(C)C)C1Cc1cccc(C(=C)C)n1. The number of aromatic nitrogens is 1. The third-order valence-electron chi connectivity index (χ3n) is 4.55. The monoisotopic (exact) mass is 407 g/mol. The van der Waals surface area contributed by atoms with Crippen LogP contribution in [0.2, 0.25) is 0 Å². The molecular formula is C20H29N3O4S. The second kappa shape index (κ2) is 9.34. The van der Waals surface area contributed by atoms with Crippen molar-refractivity contribution in [1.82, 2.24) is 14.6 Å². The lowest BCUT2D eigenvalue weighted by atomic mass is 9.93. The maximum Gasteiger partial charge on any atom is 0.410 e. The van der Waals surface area contributed by atoms with Crippen molar-refractivity contribution in [1.29, 1.82) is 0 Å². The second-order valence-electron chi connectivity index (χ2n) is 7.27. The van der Waals surface area contributed by atoms with Crippen LogP contribution in [0.4, 0.5) is 4.79 Å². The lowest BCUT2D eigenvalue weighted by Crippen LogP contribution is -2.58. The molecule has 2 unspecified atom stereocenters. The Morgan fingerprint density at radius 3 is 2.79 bits per heavy atom. The molecule has 1 aromatic heterocycles. The lowest BCUT2D eigenvalue weighted by molar-refractivity contribution is 0.0459. The Hall–Kier alpha value is -2.19. The van der Waals surface area contributed by atoms with E-state index in [0.29, 0.717) is 25.8 Å². The summed E-state index contributed by atoms with van der Waals surface area (Å²) in [5.41, 5.74) is 2.37. The first kappa shape index (κ1) is 22.1. The summed E-state index contributed by atoms with van der Waals surface area (Å²) in [5, 5.41) is 0.884. The van der Waals surface area contributed by atoms with Crippen molar-refractivity contribution in [3.63, 3.8) is 0 Å². The quantitative estimate of drug-likeness (QED) is 0.750. The smallest absolute Gasteiger partial charge is 0.410 e. The Labute approximate surface area is 167 Å². The van der Waals surface area contributed by atoms with Crippen molar-refractivity contribution in [3.05, 3.63) is 48.2 Å². The summed E-state index contributed by atoms with van der Waals surface area (Å²) in [5.74, 6) is 0. The summed E-state index contributed by atoms with van der Waals surface area (Å²) < 4.78 is 32.2. The van der Waals surface area contributed by atoms with Crippen LogP contribution in [-0.2, 0) is 21.2 Å². The first-order valence-electron chi connectivity index (χ1n) is 9.36. The van der Waals surface area contributed by atoms with Crippen molar-refractivity contribution in [2.75, 3.05) is 6.54 Å². The van der Waals surface area contributed by atoms with Crippen molar-refractivity contribution in [2.24, 2.45) is 0 Å². The van der Waals surface area contributed by atoms with Gasteiger partial charge in [0.05, 0.1) is 17.8 Å². The van der Waals surface area contributed by atoms with Gasteiger partial charge in [0.25, 0.3) is 0 Å². The predicted octanol–water partition coefficient (Wildman–Crippen LogP) is 3.10. The van der Waals surface area contributed by atoms with Gasteiger partial charge in [0.15, 0.2) is 0 Å². The molecule has 1 aromatic rings. The number of hydrogen-bond acceptors (Lipinski definition) is 5. The van der Waals surface area contributed by atoms with Crippen LogP contribution in [0, 0.1) is 0 Å². The largest absolute Gasteiger partial charge is 0.447 e. The molecule has 2 atom stereocenters. The number of nitrogens with one attached hydrogen (secondary N) is 1. The molecule has 1 saturated heterocycles. The number of sulfonamides is 1. The Bertz CT molecular complexity index is 836. The number of carbonyl (C=O) groups excluding carboxylic acids is 1. The zero-order valence-electron chi connectivity index (χ0n) is 16.7. The Balaban J connectivity index is 2.34. The predicted molar refractivity (Wildman–Crippen MR) is 110 cm³/mol. The van der Waals surface area contributed by atoms with Crippen LogP contribution in [-0.4, -0.2) is 49.1 Å². The van der Waals surface area contributed by atoms with Gasteiger partial charge in [-0.3, -0.25) is 4.98 Å². The minimum Gasteiger partial charge on any atom is -0.447 e. The molecule has 0 radical (unpaired) electrons. The molecule has 7 nitrogen and oxygen atoms in total. The van der Waals surface area contributed by atoms with E-state index in [0.717, 1.165) is 22.4 Å². The van der Waals surface area contributed by atoms with Crippen molar-refractivity contribution >= 4 is 21.7 Å². The fourth-order valence-electron chi connectivity index (χ4n) is 3.25. The van der Waals surface area contributed by atoms with E-state index in [1.54, 1.807) is 18.7 Å². The highest BCUT2D eigenvalue weighted by molar-refractivity contribution is 7.92. The van der Waals surface area contributed by atoms with E-state index < -0.39 is 28.2 Å². The molecule has 0 aromatic carbocycles. The second-order valence-corrected chi connectivity index (χ2v) is 8.93. The average Bonchev–Trinajstić information content (AvgIpc) is 2.62. The lowest BCUT2D eigenvalue weighted by Gasteiger charge is -2.40. The first-order valence-corrected chi connectivity index (χ1v) is 10.9. The summed E-state index contributed by atoms with van der Waals surface area (Å²) in [6, 6.07) is 4.76. The number of ether oxygens (including phenoxy) is 1. The van der Waals surface area contributed by atoms with Crippen LogP contribution >= 0.6 is 0 Å². The van der Waals surface area contributed by atoms with Gasteiger partial charge in [0, 0.05) is 30.1 Å². The normalized spacial score (nSPS) is 20.1. The number of piperidine rings is 1. The average molecular weight is 408 g/mol. The van der Waals surface area contributed by atoms with Gasteiger partial charge in [-0.15, -0.1) is 0 Å². The van der Waals surface area contributed by atoms with Crippen LogP contribution in [0.25, 0.3) is 5.57 Å². The molecule has 154 valence electrons. The van der Waals surface area contributed by atoms with E-state index in [9.17, 15) is 13.2 Å². The summed E-state index contributed by atoms with van der Waals surface area (Å²) in [4.78, 5) is 18.8. The minimum absolute atomic E-state index is 0.261. The number of carbonyl (C=O) groups is 1. The number of likely N-dealkylation sites (tertiary alicyclic amines) is 1. The molecule has 1 N–H and O–H groups in total. The number of rotatable bonds is 7. The van der Waals surface area contributed by atoms with E-state index in [1.807, 2.05) is 25.1 Å². The highest BCUT2D eigenvalue weighted by Crippen LogP contribution is 2.24. The molecule has 2 rings (SSSR count). The van der Waals surface area contributed by atoms with Gasteiger partial charge in [-0.2, -0.15) is 0 Å². The van der Waals surface area contributed by atoms with Gasteiger partial charge in [0.2, 0.25) is 10.0 Å². The molecule has 0 spiro atoms. The number of nitrogens with zero attached hydrogens (tertiary/aromatic N) is 2. The van der Waals surface area contributed by atoms with E-state index in [-0.39, 0.29) is 6.10 Å². The Kier molecular flexibility index (Phi) is 7.37. The van der Waals surface area contributed by atoms with Gasteiger partial charge < -0.3 is 9.64 Å². The van der Waals surface area contributed by atoms with Crippen LogP contribution in [0.15, 0.2) is 36.8 Å². The maximum absolute atomic E-state index is 12.6. The zero-order chi connectivity index (χ0) is 20.9. The molecule has 8 heteroatoms. The Morgan fingerprint density at radius 2 is 2.18 bits per heavy atom. The van der Waals surface area contributed by atoms with E-state index in [1.165, 1.54) is 0 Å². The van der Waals surface area contributed by atoms with Crippen molar-refractivity contribution in [3.8, 4) is 0 Å². The summed E-state index contributed by atoms with van der Waals surface area (Å²) in [6.45, 7) is 13.2. The van der Waals surface area contributed by atoms with Gasteiger partial charge in [-0.1, -0.05) is 19.2 Å². The minimum atomic E-state index is -3.64. The fraction of sp³-hybridized carbons (Fsp3) is 0.500. The molecular weight excluding hydrogens is 378 g/mol. The number of hydrogen-bond donors (Lipinski definition) is 1. The highest BCUT2D eigenvalue weighted by atomic mass is 32.2. The van der Waals surface area contributed by atoms with Crippen LogP contribution in [0.3, 0.4) is 0 Å². The molecule has 0 aliphatic carbocycles. The Morgan fingerprint density at radius 1 is 1.46 bits per heavy atom. The van der Waals surface area contributed by atoms with E-state index in [2.05, 4.69) is 22.9 Å². The van der Waals surface area contributed by atoms with Crippen molar-refractivity contribution in [2.45, 2.75) is 58.2 Å². The number of allylic oxidation sites excluding steroid dienone is 1. The number of pyridine rings is 1. The summed E-state index contributed by atoms with van der Waals surface area (Å²) in [6.07, 6.45) is 0.983. The maximum atomic E-state index is 12.6. The van der Waals surface area contributed by atoms with E-state index >= 15 is 0 Å². The highest BCUT2D eigenvalue weighted by Gasteiger charge is 2.37. The first-order chi connectivity index (χ1) is 13.1. The molecule has 0 bridgehead atoms. The van der Waals surface area contributed by atoms with Gasteiger partial charge in [0.1, 0.15) is 0 Å². The third kappa shape index (κ3) is 5.90.